The number of imidazole rings is 1. The Morgan fingerprint density at radius 3 is 3.18 bits per heavy atom. The van der Waals surface area contributed by atoms with Gasteiger partial charge in [0.05, 0.1) is 31.1 Å². The normalized spacial score (nSPS) is 16.5. The van der Waals surface area contributed by atoms with Crippen LogP contribution >= 0.6 is 0 Å². The zero-order valence-electron chi connectivity index (χ0n) is 12.8. The maximum atomic E-state index is 12.5. The monoisotopic (exact) mass is 299 g/mol. The Morgan fingerprint density at radius 2 is 2.32 bits per heavy atom. The third-order valence-corrected chi connectivity index (χ3v) is 4.23. The molecule has 1 amide bonds. The van der Waals surface area contributed by atoms with Crippen molar-refractivity contribution in [3.8, 4) is 0 Å². The molecular formula is C17H21N3O2. The van der Waals surface area contributed by atoms with Crippen LogP contribution in [0.1, 0.15) is 29.2 Å². The van der Waals surface area contributed by atoms with Gasteiger partial charge in [0, 0.05) is 19.9 Å². The minimum Gasteiger partial charge on any atom is -0.383 e. The number of aryl methyl sites for hydroxylation is 1. The van der Waals surface area contributed by atoms with Crippen LogP contribution in [-0.2, 0) is 29.0 Å². The summed E-state index contributed by atoms with van der Waals surface area (Å²) in [6, 6.07) is 8.22. The Hall–Kier alpha value is -2.14. The first-order chi connectivity index (χ1) is 10.8. The molecule has 1 aromatic heterocycles. The van der Waals surface area contributed by atoms with Crippen molar-refractivity contribution in [3.05, 3.63) is 53.6 Å². The van der Waals surface area contributed by atoms with Gasteiger partial charge in [0.25, 0.3) is 0 Å². The molecule has 1 atom stereocenters. The molecule has 0 unspecified atom stereocenters. The van der Waals surface area contributed by atoms with Crippen LogP contribution in [0.5, 0.6) is 0 Å². The number of hydrogen-bond acceptors (Lipinski definition) is 3. The number of carbonyl (C=O) groups is 1. The van der Waals surface area contributed by atoms with E-state index in [1.165, 1.54) is 11.1 Å². The van der Waals surface area contributed by atoms with Crippen molar-refractivity contribution in [2.75, 3.05) is 13.7 Å². The number of ether oxygens (including phenoxy) is 1. The van der Waals surface area contributed by atoms with Crippen molar-refractivity contribution in [2.45, 2.75) is 31.8 Å². The molecule has 5 heteroatoms. The standard InChI is InChI=1S/C17H21N3O2/c1-22-9-8-20-12-18-10-14(20)11-19-17(21)16-7-6-13-4-2-3-5-15(13)16/h2-5,10,12,16H,6-9,11H2,1H3,(H,19,21)/t16-/m0/s1. The molecule has 2 aromatic rings. The number of amides is 1. The largest absolute Gasteiger partial charge is 0.383 e. The Balaban J connectivity index is 1.61. The van der Waals surface area contributed by atoms with Crippen molar-refractivity contribution >= 4 is 5.91 Å². The van der Waals surface area contributed by atoms with E-state index in [0.717, 1.165) is 25.1 Å². The number of hydrogen-bond donors (Lipinski definition) is 1. The van der Waals surface area contributed by atoms with Crippen LogP contribution in [-0.4, -0.2) is 29.2 Å². The van der Waals surface area contributed by atoms with E-state index in [1.807, 2.05) is 16.7 Å². The molecule has 0 spiro atoms. The lowest BCUT2D eigenvalue weighted by molar-refractivity contribution is -0.122. The summed E-state index contributed by atoms with van der Waals surface area (Å²) in [6.45, 7) is 1.88. The number of nitrogens with one attached hydrogen (secondary N) is 1. The zero-order chi connectivity index (χ0) is 15.4. The quantitative estimate of drug-likeness (QED) is 0.886. The van der Waals surface area contributed by atoms with Crippen LogP contribution in [0.4, 0.5) is 0 Å². The van der Waals surface area contributed by atoms with Crippen LogP contribution in [0.15, 0.2) is 36.8 Å². The van der Waals surface area contributed by atoms with Crippen LogP contribution in [0, 0.1) is 0 Å². The summed E-state index contributed by atoms with van der Waals surface area (Å²) in [7, 11) is 1.68. The number of methoxy groups -OCH3 is 1. The molecule has 1 heterocycles. The number of aromatic nitrogens is 2. The lowest BCUT2D eigenvalue weighted by atomic mass is 10.0. The van der Waals surface area contributed by atoms with Gasteiger partial charge < -0.3 is 14.6 Å². The third kappa shape index (κ3) is 3.04. The zero-order valence-corrected chi connectivity index (χ0v) is 12.8. The summed E-state index contributed by atoms with van der Waals surface area (Å²) in [6.07, 6.45) is 5.44. The number of benzene rings is 1. The van der Waals surface area contributed by atoms with Gasteiger partial charge in [-0.1, -0.05) is 24.3 Å². The Morgan fingerprint density at radius 1 is 1.45 bits per heavy atom. The highest BCUT2D eigenvalue weighted by Crippen LogP contribution is 2.32. The molecule has 3 rings (SSSR count). The molecule has 1 aromatic carbocycles. The van der Waals surface area contributed by atoms with Crippen LogP contribution in [0.2, 0.25) is 0 Å². The molecule has 0 saturated heterocycles. The van der Waals surface area contributed by atoms with E-state index < -0.39 is 0 Å². The minimum absolute atomic E-state index is 0.0217. The summed E-state index contributed by atoms with van der Waals surface area (Å²) in [5, 5.41) is 3.04. The van der Waals surface area contributed by atoms with Crippen molar-refractivity contribution in [3.63, 3.8) is 0 Å². The highest BCUT2D eigenvalue weighted by Gasteiger charge is 2.27. The predicted octanol–water partition coefficient (Wildman–Crippen LogP) is 1.88. The van der Waals surface area contributed by atoms with E-state index in [2.05, 4.69) is 22.4 Å². The van der Waals surface area contributed by atoms with E-state index >= 15 is 0 Å². The van der Waals surface area contributed by atoms with Gasteiger partial charge in [-0.2, -0.15) is 0 Å². The van der Waals surface area contributed by atoms with Crippen molar-refractivity contribution in [1.82, 2.24) is 14.9 Å². The molecule has 0 radical (unpaired) electrons. The summed E-state index contributed by atoms with van der Waals surface area (Å²) in [4.78, 5) is 16.6. The van der Waals surface area contributed by atoms with Gasteiger partial charge >= 0.3 is 0 Å². The maximum absolute atomic E-state index is 12.5. The highest BCUT2D eigenvalue weighted by molar-refractivity contribution is 5.84. The fourth-order valence-corrected chi connectivity index (χ4v) is 3.02. The van der Waals surface area contributed by atoms with E-state index in [-0.39, 0.29) is 11.8 Å². The van der Waals surface area contributed by atoms with Gasteiger partial charge in [-0.25, -0.2) is 4.98 Å². The Bertz CT molecular complexity index is 651. The second-order valence-corrected chi connectivity index (χ2v) is 5.58. The Kier molecular flexibility index (Phi) is 4.53. The number of fused-ring (bicyclic) bond motifs is 1. The molecule has 0 aliphatic heterocycles. The lowest BCUT2D eigenvalue weighted by Crippen LogP contribution is -2.29. The van der Waals surface area contributed by atoms with Gasteiger partial charge in [0.1, 0.15) is 0 Å². The first-order valence-electron chi connectivity index (χ1n) is 7.63. The predicted molar refractivity (Wildman–Crippen MR) is 83.5 cm³/mol. The molecule has 0 fully saturated rings. The molecule has 0 saturated carbocycles. The second kappa shape index (κ2) is 6.75. The van der Waals surface area contributed by atoms with Crippen LogP contribution < -0.4 is 5.32 Å². The van der Waals surface area contributed by atoms with Crippen LogP contribution in [0.25, 0.3) is 0 Å². The number of nitrogens with zero attached hydrogens (tertiary/aromatic N) is 2. The molecular weight excluding hydrogens is 278 g/mol. The topological polar surface area (TPSA) is 56.1 Å². The lowest BCUT2D eigenvalue weighted by Gasteiger charge is -2.13. The smallest absolute Gasteiger partial charge is 0.227 e. The highest BCUT2D eigenvalue weighted by atomic mass is 16.5. The fourth-order valence-electron chi connectivity index (χ4n) is 3.02. The number of carbonyl (C=O) groups excluding carboxylic acids is 1. The molecule has 5 nitrogen and oxygen atoms in total. The van der Waals surface area contributed by atoms with Gasteiger partial charge in [0.15, 0.2) is 0 Å². The van der Waals surface area contributed by atoms with Gasteiger partial charge in [-0.3, -0.25) is 4.79 Å². The summed E-state index contributed by atoms with van der Waals surface area (Å²) < 4.78 is 7.09. The maximum Gasteiger partial charge on any atom is 0.227 e. The molecule has 1 N–H and O–H groups in total. The molecule has 0 bridgehead atoms. The molecule has 22 heavy (non-hydrogen) atoms. The van der Waals surface area contributed by atoms with Gasteiger partial charge in [0.2, 0.25) is 5.91 Å². The second-order valence-electron chi connectivity index (χ2n) is 5.58. The van der Waals surface area contributed by atoms with E-state index in [4.69, 9.17) is 4.74 Å². The van der Waals surface area contributed by atoms with Gasteiger partial charge in [-0.05, 0) is 24.0 Å². The van der Waals surface area contributed by atoms with Crippen molar-refractivity contribution in [1.29, 1.82) is 0 Å². The summed E-state index contributed by atoms with van der Waals surface area (Å²) >= 11 is 0. The van der Waals surface area contributed by atoms with Crippen molar-refractivity contribution < 1.29 is 9.53 Å². The fraction of sp³-hybridized carbons (Fsp3) is 0.412. The summed E-state index contributed by atoms with van der Waals surface area (Å²) in [5.41, 5.74) is 3.47. The molecule has 1 aliphatic rings. The third-order valence-electron chi connectivity index (χ3n) is 4.23. The van der Waals surface area contributed by atoms with Crippen molar-refractivity contribution in [2.24, 2.45) is 0 Å². The first-order valence-corrected chi connectivity index (χ1v) is 7.63. The number of rotatable bonds is 6. The van der Waals surface area contributed by atoms with E-state index in [0.29, 0.717) is 13.2 Å². The van der Waals surface area contributed by atoms with E-state index in [9.17, 15) is 4.79 Å². The molecule has 1 aliphatic carbocycles. The average molecular weight is 299 g/mol. The molecule has 116 valence electrons. The SMILES string of the molecule is COCCn1cncc1CNC(=O)[C@H]1CCc2ccccc21. The first kappa shape index (κ1) is 14.8. The van der Waals surface area contributed by atoms with E-state index in [1.54, 1.807) is 19.6 Å². The van der Waals surface area contributed by atoms with Crippen LogP contribution in [0.3, 0.4) is 0 Å². The van der Waals surface area contributed by atoms with Gasteiger partial charge in [-0.15, -0.1) is 0 Å². The minimum atomic E-state index is -0.0217. The summed E-state index contributed by atoms with van der Waals surface area (Å²) in [5.74, 6) is 0.0796. The Labute approximate surface area is 130 Å². The average Bonchev–Trinajstić information content (AvgIpc) is 3.17.